The molecule has 5 aromatic rings. The Balaban J connectivity index is 1.09. The van der Waals surface area contributed by atoms with Gasteiger partial charge in [0, 0.05) is 18.8 Å². The van der Waals surface area contributed by atoms with Crippen LogP contribution < -0.4 is 9.47 Å². The molecule has 0 fully saturated rings. The Morgan fingerprint density at radius 1 is 0.735 bits per heavy atom. The predicted molar refractivity (Wildman–Crippen MR) is 193 cm³/mol. The summed E-state index contributed by atoms with van der Waals surface area (Å²) in [5, 5.41) is 10.9. The second-order valence-electron chi connectivity index (χ2n) is 13.2. The summed E-state index contributed by atoms with van der Waals surface area (Å²) in [4.78, 5) is 0.105. The van der Waals surface area contributed by atoms with Crippen molar-refractivity contribution in [1.82, 2.24) is 0 Å². The van der Waals surface area contributed by atoms with Crippen molar-refractivity contribution in [3.8, 4) is 11.5 Å². The molecular formula is C42H44O6S. The number of rotatable bonds is 14. The third-order valence-electron chi connectivity index (χ3n) is 9.39. The molecule has 0 saturated heterocycles. The summed E-state index contributed by atoms with van der Waals surface area (Å²) < 4.78 is 42.4. The number of aliphatic hydroxyl groups is 1. The summed E-state index contributed by atoms with van der Waals surface area (Å²) in [5.74, 6) is 2.12. The van der Waals surface area contributed by atoms with Crippen LogP contribution in [0.4, 0.5) is 0 Å². The van der Waals surface area contributed by atoms with Crippen LogP contribution in [0.1, 0.15) is 71.4 Å². The molecule has 0 aliphatic heterocycles. The SMILES string of the molecule is Cc1ccc(S(=O)(=O)OCCC(C)(O)CCOc2ccc([C@@H]3c4ccc(OCc5ccccc5)cc4CC[C@@H]3c3ccccc3)cc2)cc1. The van der Waals surface area contributed by atoms with Gasteiger partial charge in [0.25, 0.3) is 10.1 Å². The fraction of sp³-hybridized carbons (Fsp3) is 0.286. The topological polar surface area (TPSA) is 82.1 Å². The van der Waals surface area contributed by atoms with E-state index in [0.717, 1.165) is 35.5 Å². The second kappa shape index (κ2) is 15.4. The lowest BCUT2D eigenvalue weighted by molar-refractivity contribution is 0.0180. The van der Waals surface area contributed by atoms with Crippen LogP contribution in [0.5, 0.6) is 11.5 Å². The van der Waals surface area contributed by atoms with Crippen LogP contribution in [0.2, 0.25) is 0 Å². The molecule has 0 aromatic heterocycles. The van der Waals surface area contributed by atoms with Gasteiger partial charge in [0.05, 0.1) is 23.7 Å². The van der Waals surface area contributed by atoms with Crippen molar-refractivity contribution in [2.75, 3.05) is 13.2 Å². The molecule has 6 nitrogen and oxygen atoms in total. The van der Waals surface area contributed by atoms with Crippen LogP contribution in [-0.4, -0.2) is 32.3 Å². The second-order valence-corrected chi connectivity index (χ2v) is 14.8. The Morgan fingerprint density at radius 3 is 2.10 bits per heavy atom. The highest BCUT2D eigenvalue weighted by Crippen LogP contribution is 2.47. The molecule has 49 heavy (non-hydrogen) atoms. The predicted octanol–water partition coefficient (Wildman–Crippen LogP) is 8.75. The fourth-order valence-corrected chi connectivity index (χ4v) is 7.44. The van der Waals surface area contributed by atoms with E-state index in [0.29, 0.717) is 18.9 Å². The first-order chi connectivity index (χ1) is 23.7. The van der Waals surface area contributed by atoms with Crippen molar-refractivity contribution >= 4 is 10.1 Å². The number of fused-ring (bicyclic) bond motifs is 1. The van der Waals surface area contributed by atoms with Gasteiger partial charge in [-0.3, -0.25) is 4.18 Å². The minimum absolute atomic E-state index is 0.105. The Morgan fingerprint density at radius 2 is 1.39 bits per heavy atom. The average molecular weight is 677 g/mol. The van der Waals surface area contributed by atoms with E-state index in [9.17, 15) is 13.5 Å². The molecule has 1 N–H and O–H groups in total. The monoisotopic (exact) mass is 676 g/mol. The first kappa shape index (κ1) is 34.4. The standard InChI is InChI=1S/C42H44O6S/c1-31-13-21-38(22-14-31)49(44,45)48-28-26-42(2,43)25-27-46-36-18-15-34(16-19-36)41-39(33-11-7-4-8-12-33)23-17-35-29-37(20-24-40(35)41)47-30-32-9-5-3-6-10-32/h3-16,18-22,24,29,39,41,43H,17,23,25-28,30H2,1-2H3/t39-,41+,42?/m1/s1. The minimum Gasteiger partial charge on any atom is -0.493 e. The number of hydrogen-bond acceptors (Lipinski definition) is 6. The summed E-state index contributed by atoms with van der Waals surface area (Å²) in [6.07, 6.45) is 2.50. The zero-order chi connectivity index (χ0) is 34.3. The summed E-state index contributed by atoms with van der Waals surface area (Å²) in [6.45, 7) is 4.26. The third-order valence-corrected chi connectivity index (χ3v) is 10.7. The molecule has 5 aromatic carbocycles. The zero-order valence-electron chi connectivity index (χ0n) is 28.1. The van der Waals surface area contributed by atoms with Crippen molar-refractivity contribution in [3.63, 3.8) is 0 Å². The van der Waals surface area contributed by atoms with Gasteiger partial charge in [-0.15, -0.1) is 0 Å². The molecule has 0 spiro atoms. The summed E-state index contributed by atoms with van der Waals surface area (Å²) in [7, 11) is -3.88. The number of hydrogen-bond donors (Lipinski definition) is 1. The Hall–Kier alpha value is -4.43. The van der Waals surface area contributed by atoms with Gasteiger partial charge in [0.2, 0.25) is 0 Å². The van der Waals surface area contributed by atoms with E-state index in [1.54, 1.807) is 19.1 Å². The van der Waals surface area contributed by atoms with Crippen LogP contribution in [0, 0.1) is 6.92 Å². The van der Waals surface area contributed by atoms with E-state index in [1.807, 2.05) is 37.3 Å². The van der Waals surface area contributed by atoms with Gasteiger partial charge in [-0.25, -0.2) is 0 Å². The highest BCUT2D eigenvalue weighted by molar-refractivity contribution is 7.86. The molecule has 0 amide bonds. The molecule has 0 heterocycles. The van der Waals surface area contributed by atoms with Crippen molar-refractivity contribution in [2.45, 2.75) is 68.5 Å². The van der Waals surface area contributed by atoms with Gasteiger partial charge in [-0.2, -0.15) is 8.42 Å². The van der Waals surface area contributed by atoms with Gasteiger partial charge >= 0.3 is 0 Å². The Bertz CT molecular complexity index is 1900. The van der Waals surface area contributed by atoms with Gasteiger partial charge < -0.3 is 14.6 Å². The summed E-state index contributed by atoms with van der Waals surface area (Å²) in [6, 6.07) is 42.3. The van der Waals surface area contributed by atoms with Crippen molar-refractivity contribution in [2.24, 2.45) is 0 Å². The largest absolute Gasteiger partial charge is 0.493 e. The fourth-order valence-electron chi connectivity index (χ4n) is 6.53. The zero-order valence-corrected chi connectivity index (χ0v) is 28.9. The van der Waals surface area contributed by atoms with E-state index >= 15 is 0 Å². The van der Waals surface area contributed by atoms with Crippen LogP contribution in [0.3, 0.4) is 0 Å². The van der Waals surface area contributed by atoms with E-state index in [-0.39, 0.29) is 30.4 Å². The molecule has 0 saturated carbocycles. The van der Waals surface area contributed by atoms with Crippen molar-refractivity contribution in [1.29, 1.82) is 0 Å². The molecule has 0 radical (unpaired) electrons. The summed E-state index contributed by atoms with van der Waals surface area (Å²) >= 11 is 0. The molecule has 1 unspecified atom stereocenters. The molecular weight excluding hydrogens is 633 g/mol. The molecule has 1 aliphatic rings. The quantitative estimate of drug-likeness (QED) is 0.119. The van der Waals surface area contributed by atoms with E-state index < -0.39 is 15.7 Å². The van der Waals surface area contributed by atoms with Crippen LogP contribution in [0.15, 0.2) is 132 Å². The smallest absolute Gasteiger partial charge is 0.296 e. The molecule has 254 valence electrons. The van der Waals surface area contributed by atoms with Crippen molar-refractivity contribution in [3.05, 3.63) is 161 Å². The highest BCUT2D eigenvalue weighted by Gasteiger charge is 2.32. The number of ether oxygens (including phenoxy) is 2. The molecule has 0 bridgehead atoms. The third kappa shape index (κ3) is 8.98. The van der Waals surface area contributed by atoms with E-state index in [1.165, 1.54) is 34.4 Å². The highest BCUT2D eigenvalue weighted by atomic mass is 32.2. The molecule has 3 atom stereocenters. The van der Waals surface area contributed by atoms with Crippen LogP contribution >= 0.6 is 0 Å². The van der Waals surface area contributed by atoms with Gasteiger partial charge in [0.1, 0.15) is 18.1 Å². The molecule has 6 rings (SSSR count). The van der Waals surface area contributed by atoms with Crippen LogP contribution in [0.25, 0.3) is 0 Å². The Labute approximate surface area is 290 Å². The Kier molecular flexibility index (Phi) is 10.8. The lowest BCUT2D eigenvalue weighted by Gasteiger charge is -2.35. The van der Waals surface area contributed by atoms with E-state index in [2.05, 4.69) is 72.8 Å². The average Bonchev–Trinajstić information content (AvgIpc) is 3.11. The normalized spacial score (nSPS) is 17.1. The number of aryl methyl sites for hydroxylation is 2. The lowest BCUT2D eigenvalue weighted by Crippen LogP contribution is -2.29. The minimum atomic E-state index is -3.88. The lowest BCUT2D eigenvalue weighted by atomic mass is 9.69. The maximum Gasteiger partial charge on any atom is 0.296 e. The maximum absolute atomic E-state index is 12.5. The van der Waals surface area contributed by atoms with Gasteiger partial charge in [0.15, 0.2) is 0 Å². The van der Waals surface area contributed by atoms with Crippen molar-refractivity contribution < 1.29 is 27.2 Å². The van der Waals surface area contributed by atoms with Gasteiger partial charge in [-0.1, -0.05) is 96.6 Å². The first-order valence-corrected chi connectivity index (χ1v) is 18.3. The van der Waals surface area contributed by atoms with Gasteiger partial charge in [-0.05, 0) is 96.8 Å². The maximum atomic E-state index is 12.5. The number of benzene rings is 5. The van der Waals surface area contributed by atoms with E-state index in [4.69, 9.17) is 13.7 Å². The first-order valence-electron chi connectivity index (χ1n) is 16.9. The van der Waals surface area contributed by atoms with Crippen LogP contribution in [-0.2, 0) is 27.3 Å². The molecule has 1 aliphatic carbocycles. The molecule has 7 heteroatoms. The summed E-state index contributed by atoms with van der Waals surface area (Å²) in [5.41, 5.74) is 6.16.